The van der Waals surface area contributed by atoms with Crippen LogP contribution >= 0.6 is 0 Å². The molecule has 0 bridgehead atoms. The molecule has 0 aromatic heterocycles. The molecule has 0 heterocycles. The Hall–Kier alpha value is -1.02. The van der Waals surface area contributed by atoms with Crippen LogP contribution in [0.5, 0.6) is 0 Å². The zero-order valence-electron chi connectivity index (χ0n) is 12.4. The molecule has 1 aliphatic carbocycles. The van der Waals surface area contributed by atoms with Crippen molar-refractivity contribution < 1.29 is 31.4 Å². The standard InChI is InChI=1S/C14H19F6NO/c1-8(2)21-7-10-4-5-11(6-9(10)3)12(22,13(15,16)17)14(18,19)20/h4-5,8-9,21-22H,6-7H2,1-3H3. The smallest absolute Gasteiger partial charge is 0.370 e. The van der Waals surface area contributed by atoms with E-state index in [1.807, 2.05) is 13.8 Å². The molecule has 8 heteroatoms. The number of rotatable bonds is 4. The first kappa shape index (κ1) is 19.0. The summed E-state index contributed by atoms with van der Waals surface area (Å²) in [6, 6.07) is 0.140. The predicted octanol–water partition coefficient (Wildman–Crippen LogP) is 3.73. The second-order valence-corrected chi connectivity index (χ2v) is 5.78. The van der Waals surface area contributed by atoms with Crippen LogP contribution in [-0.2, 0) is 0 Å². The van der Waals surface area contributed by atoms with Crippen molar-refractivity contribution in [1.29, 1.82) is 0 Å². The van der Waals surface area contributed by atoms with E-state index < -0.39 is 35.9 Å². The molecule has 22 heavy (non-hydrogen) atoms. The topological polar surface area (TPSA) is 32.3 Å². The van der Waals surface area contributed by atoms with Crippen LogP contribution in [0.1, 0.15) is 27.2 Å². The van der Waals surface area contributed by atoms with Gasteiger partial charge in [-0.25, -0.2) is 0 Å². The lowest BCUT2D eigenvalue weighted by molar-refractivity contribution is -0.353. The number of hydrogen-bond donors (Lipinski definition) is 2. The summed E-state index contributed by atoms with van der Waals surface area (Å²) in [6.07, 6.45) is -10.2. The van der Waals surface area contributed by atoms with Crippen molar-refractivity contribution >= 4 is 0 Å². The number of halogens is 6. The molecule has 0 aliphatic heterocycles. The molecule has 0 fully saturated rings. The van der Waals surface area contributed by atoms with Gasteiger partial charge in [-0.05, 0) is 17.9 Å². The highest BCUT2D eigenvalue weighted by molar-refractivity contribution is 5.35. The van der Waals surface area contributed by atoms with Crippen LogP contribution in [0.25, 0.3) is 0 Å². The van der Waals surface area contributed by atoms with Crippen molar-refractivity contribution in [3.05, 3.63) is 23.3 Å². The lowest BCUT2D eigenvalue weighted by Gasteiger charge is -2.37. The summed E-state index contributed by atoms with van der Waals surface area (Å²) in [5, 5.41) is 12.4. The zero-order valence-corrected chi connectivity index (χ0v) is 12.4. The molecule has 0 spiro atoms. The summed E-state index contributed by atoms with van der Waals surface area (Å²) in [5.74, 6) is -0.525. The van der Waals surface area contributed by atoms with Gasteiger partial charge in [-0.2, -0.15) is 26.3 Å². The van der Waals surface area contributed by atoms with Gasteiger partial charge in [-0.3, -0.25) is 0 Å². The van der Waals surface area contributed by atoms with Gasteiger partial charge >= 0.3 is 12.4 Å². The van der Waals surface area contributed by atoms with E-state index in [-0.39, 0.29) is 6.04 Å². The average molecular weight is 331 g/mol. The van der Waals surface area contributed by atoms with Gasteiger partial charge < -0.3 is 10.4 Å². The Morgan fingerprint density at radius 2 is 1.64 bits per heavy atom. The Bertz CT molecular complexity index is 447. The lowest BCUT2D eigenvalue weighted by Crippen LogP contribution is -2.58. The van der Waals surface area contributed by atoms with Crippen LogP contribution in [0.15, 0.2) is 23.3 Å². The molecular formula is C14H19F6NO. The molecule has 128 valence electrons. The lowest BCUT2D eigenvalue weighted by atomic mass is 9.79. The van der Waals surface area contributed by atoms with Crippen molar-refractivity contribution in [3.8, 4) is 0 Å². The Morgan fingerprint density at radius 3 is 2.00 bits per heavy atom. The third-order valence-electron chi connectivity index (χ3n) is 3.66. The number of alkyl halides is 6. The van der Waals surface area contributed by atoms with Crippen molar-refractivity contribution in [2.75, 3.05) is 6.54 Å². The SMILES string of the molecule is CC(C)NCC1=CC=C(C(O)(C(F)(F)F)C(F)(F)F)CC1C. The van der Waals surface area contributed by atoms with E-state index in [1.165, 1.54) is 13.0 Å². The van der Waals surface area contributed by atoms with Gasteiger partial charge in [0.15, 0.2) is 0 Å². The van der Waals surface area contributed by atoms with E-state index >= 15 is 0 Å². The Balaban J connectivity index is 3.15. The first-order valence-corrected chi connectivity index (χ1v) is 6.80. The number of nitrogens with one attached hydrogen (secondary N) is 1. The van der Waals surface area contributed by atoms with Gasteiger partial charge in [0.2, 0.25) is 0 Å². The molecule has 0 saturated heterocycles. The zero-order chi connectivity index (χ0) is 17.3. The van der Waals surface area contributed by atoms with Crippen molar-refractivity contribution in [2.45, 2.75) is 51.2 Å². The van der Waals surface area contributed by atoms with E-state index in [0.29, 0.717) is 12.1 Å². The Kier molecular flexibility index (Phi) is 5.39. The fourth-order valence-corrected chi connectivity index (χ4v) is 2.25. The first-order valence-electron chi connectivity index (χ1n) is 6.80. The molecule has 1 rings (SSSR count). The van der Waals surface area contributed by atoms with Crippen LogP contribution in [0.3, 0.4) is 0 Å². The predicted molar refractivity (Wildman–Crippen MR) is 70.1 cm³/mol. The highest BCUT2D eigenvalue weighted by atomic mass is 19.4. The van der Waals surface area contributed by atoms with Crippen LogP contribution in [0.2, 0.25) is 0 Å². The van der Waals surface area contributed by atoms with E-state index in [9.17, 15) is 31.4 Å². The van der Waals surface area contributed by atoms with E-state index in [0.717, 1.165) is 6.08 Å². The molecule has 0 radical (unpaired) electrons. The summed E-state index contributed by atoms with van der Waals surface area (Å²) in [6.45, 7) is 5.66. The van der Waals surface area contributed by atoms with Crippen LogP contribution in [-0.4, -0.2) is 35.6 Å². The Morgan fingerprint density at radius 1 is 1.14 bits per heavy atom. The number of aliphatic hydroxyl groups is 1. The Labute approximate surface area is 124 Å². The molecule has 0 aromatic carbocycles. The molecule has 2 nitrogen and oxygen atoms in total. The summed E-state index contributed by atoms with van der Waals surface area (Å²) < 4.78 is 76.9. The maximum absolute atomic E-state index is 12.8. The van der Waals surface area contributed by atoms with Gasteiger partial charge in [0.05, 0.1) is 0 Å². The van der Waals surface area contributed by atoms with Crippen molar-refractivity contribution in [1.82, 2.24) is 5.32 Å². The second kappa shape index (κ2) is 6.23. The summed E-state index contributed by atoms with van der Waals surface area (Å²) >= 11 is 0. The van der Waals surface area contributed by atoms with Crippen LogP contribution < -0.4 is 5.32 Å². The third kappa shape index (κ3) is 3.65. The summed E-state index contributed by atoms with van der Waals surface area (Å²) in [5.41, 5.74) is -5.18. The summed E-state index contributed by atoms with van der Waals surface area (Å²) in [7, 11) is 0. The fraction of sp³-hybridized carbons (Fsp3) is 0.714. The van der Waals surface area contributed by atoms with Crippen LogP contribution in [0.4, 0.5) is 26.3 Å². The minimum Gasteiger partial charge on any atom is -0.370 e. The van der Waals surface area contributed by atoms with Gasteiger partial charge in [0.25, 0.3) is 5.60 Å². The molecular weight excluding hydrogens is 312 g/mol. The average Bonchev–Trinajstić information content (AvgIpc) is 2.33. The molecule has 1 unspecified atom stereocenters. The monoisotopic (exact) mass is 331 g/mol. The normalized spacial score (nSPS) is 21.0. The second-order valence-electron chi connectivity index (χ2n) is 5.78. The number of hydrogen-bond acceptors (Lipinski definition) is 2. The highest BCUT2D eigenvalue weighted by Crippen LogP contribution is 2.50. The molecule has 0 amide bonds. The van der Waals surface area contributed by atoms with Gasteiger partial charge in [-0.15, -0.1) is 0 Å². The molecule has 1 aliphatic rings. The van der Waals surface area contributed by atoms with Gasteiger partial charge in [0.1, 0.15) is 0 Å². The molecule has 2 N–H and O–H groups in total. The third-order valence-corrected chi connectivity index (χ3v) is 3.66. The minimum atomic E-state index is -5.82. The molecule has 1 atom stereocenters. The van der Waals surface area contributed by atoms with Crippen molar-refractivity contribution in [2.24, 2.45) is 5.92 Å². The van der Waals surface area contributed by atoms with E-state index in [1.54, 1.807) is 0 Å². The van der Waals surface area contributed by atoms with E-state index in [2.05, 4.69) is 5.32 Å². The number of allylic oxidation sites excluding steroid dienone is 2. The maximum atomic E-state index is 12.8. The van der Waals surface area contributed by atoms with Gasteiger partial charge in [0, 0.05) is 12.6 Å². The van der Waals surface area contributed by atoms with Crippen molar-refractivity contribution in [3.63, 3.8) is 0 Å². The maximum Gasteiger partial charge on any atom is 0.430 e. The van der Waals surface area contributed by atoms with E-state index in [4.69, 9.17) is 0 Å². The van der Waals surface area contributed by atoms with Crippen LogP contribution in [0, 0.1) is 5.92 Å². The first-order chi connectivity index (χ1) is 9.80. The fourth-order valence-electron chi connectivity index (χ4n) is 2.25. The molecule has 0 aromatic rings. The highest BCUT2D eigenvalue weighted by Gasteiger charge is 2.72. The summed E-state index contributed by atoms with van der Waals surface area (Å²) in [4.78, 5) is 0. The molecule has 0 saturated carbocycles. The van der Waals surface area contributed by atoms with Gasteiger partial charge in [-0.1, -0.05) is 38.5 Å². The largest absolute Gasteiger partial charge is 0.430 e. The minimum absolute atomic E-state index is 0.140. The quantitative estimate of drug-likeness (QED) is 0.770.